The maximum atomic E-state index is 12.3. The van der Waals surface area contributed by atoms with Gasteiger partial charge in [-0.2, -0.15) is 0 Å². The molecule has 2 aromatic carbocycles. The van der Waals surface area contributed by atoms with Crippen LogP contribution in [0.3, 0.4) is 0 Å². The smallest absolute Gasteiger partial charge is 0.226 e. The lowest BCUT2D eigenvalue weighted by Gasteiger charge is -2.34. The molecule has 1 fully saturated rings. The molecule has 0 saturated carbocycles. The number of likely N-dealkylation sites (N-methyl/N-ethyl adjacent to an activating group) is 1. The molecule has 1 N–H and O–H groups in total. The Kier molecular flexibility index (Phi) is 7.25. The van der Waals surface area contributed by atoms with E-state index in [0.29, 0.717) is 13.1 Å². The minimum Gasteiger partial charge on any atom is -0.369 e. The zero-order valence-corrected chi connectivity index (χ0v) is 17.3. The Morgan fingerprint density at radius 1 is 0.966 bits per heavy atom. The van der Waals surface area contributed by atoms with Crippen molar-refractivity contribution in [3.05, 3.63) is 60.2 Å². The van der Waals surface area contributed by atoms with Gasteiger partial charge in [0.15, 0.2) is 0 Å². The van der Waals surface area contributed by atoms with Crippen LogP contribution in [0.1, 0.15) is 18.9 Å². The standard InChI is InChI=1S/C23H30N4O2/c1-19(28)27(18-20-6-4-3-5-7-20)13-12-23(29)24-21-8-10-22(11-9-21)26-16-14-25(2)15-17-26/h3-11H,12-18H2,1-2H3,(H,24,29). The fraction of sp³-hybridized carbons (Fsp3) is 0.391. The lowest BCUT2D eigenvalue weighted by Crippen LogP contribution is -2.44. The summed E-state index contributed by atoms with van der Waals surface area (Å²) in [5.74, 6) is -0.116. The molecule has 0 aromatic heterocycles. The van der Waals surface area contributed by atoms with Crippen molar-refractivity contribution in [3.8, 4) is 0 Å². The van der Waals surface area contributed by atoms with Crippen molar-refractivity contribution in [2.24, 2.45) is 0 Å². The number of hydrogen-bond donors (Lipinski definition) is 1. The van der Waals surface area contributed by atoms with Crippen LogP contribution in [0.2, 0.25) is 0 Å². The van der Waals surface area contributed by atoms with Crippen LogP contribution >= 0.6 is 0 Å². The zero-order chi connectivity index (χ0) is 20.6. The molecule has 0 unspecified atom stereocenters. The van der Waals surface area contributed by atoms with E-state index in [-0.39, 0.29) is 18.2 Å². The van der Waals surface area contributed by atoms with Gasteiger partial charge in [-0.25, -0.2) is 0 Å². The Balaban J connectivity index is 1.48. The quantitative estimate of drug-likeness (QED) is 0.785. The van der Waals surface area contributed by atoms with Gasteiger partial charge in [0.05, 0.1) is 0 Å². The highest BCUT2D eigenvalue weighted by molar-refractivity contribution is 5.91. The van der Waals surface area contributed by atoms with Crippen molar-refractivity contribution in [2.45, 2.75) is 19.9 Å². The first kappa shape index (κ1) is 20.9. The summed E-state index contributed by atoms with van der Waals surface area (Å²) in [7, 11) is 2.14. The van der Waals surface area contributed by atoms with Crippen molar-refractivity contribution >= 4 is 23.2 Å². The molecule has 6 nitrogen and oxygen atoms in total. The van der Waals surface area contributed by atoms with Crippen LogP contribution in [0, 0.1) is 0 Å². The molecule has 154 valence electrons. The Morgan fingerprint density at radius 2 is 1.62 bits per heavy atom. The van der Waals surface area contributed by atoms with E-state index in [1.165, 1.54) is 12.6 Å². The lowest BCUT2D eigenvalue weighted by molar-refractivity contribution is -0.129. The number of nitrogens with zero attached hydrogens (tertiary/aromatic N) is 3. The number of carbonyl (C=O) groups excluding carboxylic acids is 2. The number of carbonyl (C=O) groups is 2. The summed E-state index contributed by atoms with van der Waals surface area (Å²) >= 11 is 0. The summed E-state index contributed by atoms with van der Waals surface area (Å²) in [5.41, 5.74) is 3.02. The Hall–Kier alpha value is -2.86. The second-order valence-electron chi connectivity index (χ2n) is 7.56. The Bertz CT molecular complexity index is 799. The second kappa shape index (κ2) is 10.1. The van der Waals surface area contributed by atoms with Gasteiger partial charge in [-0.05, 0) is 36.9 Å². The number of nitrogens with one attached hydrogen (secondary N) is 1. The van der Waals surface area contributed by atoms with Gasteiger partial charge in [0, 0.05) is 64.0 Å². The monoisotopic (exact) mass is 394 g/mol. The Labute approximate surface area is 173 Å². The maximum Gasteiger partial charge on any atom is 0.226 e. The molecular formula is C23H30N4O2. The summed E-state index contributed by atoms with van der Waals surface area (Å²) in [4.78, 5) is 30.7. The van der Waals surface area contributed by atoms with E-state index in [1.54, 1.807) is 4.90 Å². The van der Waals surface area contributed by atoms with Gasteiger partial charge in [-0.15, -0.1) is 0 Å². The summed E-state index contributed by atoms with van der Waals surface area (Å²) in [6, 6.07) is 17.8. The number of amides is 2. The normalized spacial score (nSPS) is 14.5. The van der Waals surface area contributed by atoms with E-state index in [9.17, 15) is 9.59 Å². The van der Waals surface area contributed by atoms with E-state index >= 15 is 0 Å². The summed E-state index contributed by atoms with van der Waals surface area (Å²) < 4.78 is 0. The molecule has 0 spiro atoms. The number of hydrogen-bond acceptors (Lipinski definition) is 4. The largest absolute Gasteiger partial charge is 0.369 e. The van der Waals surface area contributed by atoms with E-state index in [1.807, 2.05) is 42.5 Å². The van der Waals surface area contributed by atoms with Gasteiger partial charge in [0.25, 0.3) is 0 Å². The first-order valence-corrected chi connectivity index (χ1v) is 10.1. The third-order valence-corrected chi connectivity index (χ3v) is 5.29. The van der Waals surface area contributed by atoms with Crippen molar-refractivity contribution in [3.63, 3.8) is 0 Å². The molecule has 1 heterocycles. The fourth-order valence-electron chi connectivity index (χ4n) is 3.43. The number of benzene rings is 2. The molecule has 29 heavy (non-hydrogen) atoms. The number of anilines is 2. The molecule has 0 bridgehead atoms. The number of piperazine rings is 1. The first-order valence-electron chi connectivity index (χ1n) is 10.1. The van der Waals surface area contributed by atoms with Gasteiger partial charge in [0.2, 0.25) is 11.8 Å². The highest BCUT2D eigenvalue weighted by atomic mass is 16.2. The summed E-state index contributed by atoms with van der Waals surface area (Å²) in [5, 5.41) is 2.93. The van der Waals surface area contributed by atoms with Gasteiger partial charge in [0.1, 0.15) is 0 Å². The molecule has 2 amide bonds. The minimum atomic E-state index is -0.0864. The van der Waals surface area contributed by atoms with Crippen LogP contribution in [0.15, 0.2) is 54.6 Å². The second-order valence-corrected chi connectivity index (χ2v) is 7.56. The molecule has 1 saturated heterocycles. The van der Waals surface area contributed by atoms with Crippen molar-refractivity contribution < 1.29 is 9.59 Å². The molecule has 3 rings (SSSR count). The molecule has 6 heteroatoms. The summed E-state index contributed by atoms with van der Waals surface area (Å²) in [6.07, 6.45) is 0.270. The van der Waals surface area contributed by atoms with Crippen LogP contribution in [-0.4, -0.2) is 61.4 Å². The lowest BCUT2D eigenvalue weighted by atomic mass is 10.2. The van der Waals surface area contributed by atoms with Crippen LogP contribution in [-0.2, 0) is 16.1 Å². The average molecular weight is 395 g/mol. The van der Waals surface area contributed by atoms with Gasteiger partial charge < -0.3 is 20.0 Å². The van der Waals surface area contributed by atoms with E-state index in [4.69, 9.17) is 0 Å². The average Bonchev–Trinajstić information content (AvgIpc) is 2.73. The van der Waals surface area contributed by atoms with Gasteiger partial charge in [-0.1, -0.05) is 30.3 Å². The van der Waals surface area contributed by atoms with Crippen molar-refractivity contribution in [1.82, 2.24) is 9.80 Å². The van der Waals surface area contributed by atoms with Crippen LogP contribution in [0.5, 0.6) is 0 Å². The molecule has 1 aliphatic rings. The van der Waals surface area contributed by atoms with E-state index in [2.05, 4.69) is 34.3 Å². The Morgan fingerprint density at radius 3 is 2.24 bits per heavy atom. The molecule has 1 aliphatic heterocycles. The zero-order valence-electron chi connectivity index (χ0n) is 17.3. The van der Waals surface area contributed by atoms with E-state index in [0.717, 1.165) is 37.4 Å². The predicted octanol–water partition coefficient (Wildman–Crippen LogP) is 2.82. The highest BCUT2D eigenvalue weighted by Gasteiger charge is 2.15. The molecule has 0 radical (unpaired) electrons. The highest BCUT2D eigenvalue weighted by Crippen LogP contribution is 2.19. The topological polar surface area (TPSA) is 55.9 Å². The van der Waals surface area contributed by atoms with Crippen molar-refractivity contribution in [1.29, 1.82) is 0 Å². The minimum absolute atomic E-state index is 0.0295. The molecule has 0 aliphatic carbocycles. The third kappa shape index (κ3) is 6.32. The predicted molar refractivity (Wildman–Crippen MR) is 117 cm³/mol. The van der Waals surface area contributed by atoms with Gasteiger partial charge >= 0.3 is 0 Å². The van der Waals surface area contributed by atoms with E-state index < -0.39 is 0 Å². The maximum absolute atomic E-state index is 12.3. The fourth-order valence-corrected chi connectivity index (χ4v) is 3.43. The summed E-state index contributed by atoms with van der Waals surface area (Å²) in [6.45, 7) is 6.62. The van der Waals surface area contributed by atoms with Crippen LogP contribution in [0.25, 0.3) is 0 Å². The van der Waals surface area contributed by atoms with Crippen LogP contribution in [0.4, 0.5) is 11.4 Å². The molecule has 2 aromatic rings. The van der Waals surface area contributed by atoms with Crippen LogP contribution < -0.4 is 10.2 Å². The SMILES string of the molecule is CC(=O)N(CCC(=O)Nc1ccc(N2CCN(C)CC2)cc1)Cc1ccccc1. The molecule has 0 atom stereocenters. The third-order valence-electron chi connectivity index (χ3n) is 5.29. The first-order chi connectivity index (χ1) is 14.0. The molecular weight excluding hydrogens is 364 g/mol. The van der Waals surface area contributed by atoms with Gasteiger partial charge in [-0.3, -0.25) is 9.59 Å². The number of rotatable bonds is 7. The van der Waals surface area contributed by atoms with Crippen molar-refractivity contribution in [2.75, 3.05) is 50.0 Å².